The van der Waals surface area contributed by atoms with E-state index in [1.807, 2.05) is 24.3 Å². The molecule has 0 bridgehead atoms. The number of hydrogen-bond donors (Lipinski definition) is 0. The van der Waals surface area contributed by atoms with Gasteiger partial charge >= 0.3 is 0 Å². The average molecular weight is 375 g/mol. The monoisotopic (exact) mass is 374 g/mol. The largest absolute Gasteiger partial charge is 0.494 e. The molecule has 3 rings (SSSR count). The number of benzene rings is 1. The van der Waals surface area contributed by atoms with Crippen molar-refractivity contribution >= 4 is 5.91 Å². The van der Waals surface area contributed by atoms with Gasteiger partial charge < -0.3 is 14.4 Å². The summed E-state index contributed by atoms with van der Waals surface area (Å²) >= 11 is 0. The van der Waals surface area contributed by atoms with E-state index in [1.165, 1.54) is 6.42 Å². The zero-order valence-electron chi connectivity index (χ0n) is 16.7. The Morgan fingerprint density at radius 2 is 1.93 bits per heavy atom. The molecule has 2 saturated heterocycles. The first kappa shape index (κ1) is 20.2. The molecular formula is C22H34N2O3. The van der Waals surface area contributed by atoms with E-state index in [0.29, 0.717) is 6.04 Å². The second-order valence-corrected chi connectivity index (χ2v) is 7.62. The summed E-state index contributed by atoms with van der Waals surface area (Å²) < 4.78 is 11.1. The van der Waals surface area contributed by atoms with Crippen LogP contribution in [0, 0.1) is 0 Å². The number of carbonyl (C=O) groups is 1. The van der Waals surface area contributed by atoms with E-state index in [1.54, 1.807) is 0 Å². The van der Waals surface area contributed by atoms with Gasteiger partial charge in [0.2, 0.25) is 0 Å². The number of piperidine rings is 1. The van der Waals surface area contributed by atoms with Crippen LogP contribution in [0.5, 0.6) is 5.75 Å². The molecule has 0 spiro atoms. The zero-order valence-corrected chi connectivity index (χ0v) is 16.7. The van der Waals surface area contributed by atoms with E-state index < -0.39 is 0 Å². The van der Waals surface area contributed by atoms with Crippen molar-refractivity contribution in [2.75, 3.05) is 46.0 Å². The first-order chi connectivity index (χ1) is 13.3. The summed E-state index contributed by atoms with van der Waals surface area (Å²) in [5, 5.41) is 0. The van der Waals surface area contributed by atoms with Gasteiger partial charge in [0.05, 0.1) is 19.8 Å². The second-order valence-electron chi connectivity index (χ2n) is 7.62. The maximum Gasteiger partial charge on any atom is 0.254 e. The SMILES string of the molecule is CCCCOc1ccc(C(=O)N2CCCC[C@H]2CCN2CCOCC2)cc1. The fourth-order valence-electron chi connectivity index (χ4n) is 3.92. The molecule has 1 amide bonds. The third kappa shape index (κ3) is 5.94. The van der Waals surface area contributed by atoms with Crippen molar-refractivity contribution in [1.82, 2.24) is 9.80 Å². The van der Waals surface area contributed by atoms with Crippen molar-refractivity contribution in [3.8, 4) is 5.75 Å². The predicted molar refractivity (Wildman–Crippen MR) is 107 cm³/mol. The van der Waals surface area contributed by atoms with Crippen molar-refractivity contribution in [3.05, 3.63) is 29.8 Å². The third-order valence-electron chi connectivity index (χ3n) is 5.64. The lowest BCUT2D eigenvalue weighted by atomic mass is 9.97. The Morgan fingerprint density at radius 1 is 1.15 bits per heavy atom. The lowest BCUT2D eigenvalue weighted by molar-refractivity contribution is 0.0295. The topological polar surface area (TPSA) is 42.0 Å². The van der Waals surface area contributed by atoms with Gasteiger partial charge in [0.15, 0.2) is 0 Å². The van der Waals surface area contributed by atoms with Crippen LogP contribution in [0.1, 0.15) is 55.8 Å². The Kier molecular flexibility index (Phi) is 7.96. The van der Waals surface area contributed by atoms with Gasteiger partial charge in [-0.25, -0.2) is 0 Å². The molecular weight excluding hydrogens is 340 g/mol. The van der Waals surface area contributed by atoms with E-state index in [4.69, 9.17) is 9.47 Å². The number of likely N-dealkylation sites (tertiary alicyclic amines) is 1. The Balaban J connectivity index is 1.55. The highest BCUT2D eigenvalue weighted by Gasteiger charge is 2.28. The molecule has 2 heterocycles. The van der Waals surface area contributed by atoms with E-state index in [9.17, 15) is 4.79 Å². The molecule has 2 aliphatic heterocycles. The fourth-order valence-corrected chi connectivity index (χ4v) is 3.92. The van der Waals surface area contributed by atoms with Crippen molar-refractivity contribution in [2.24, 2.45) is 0 Å². The van der Waals surface area contributed by atoms with Gasteiger partial charge in [0.1, 0.15) is 5.75 Å². The summed E-state index contributed by atoms with van der Waals surface area (Å²) in [5.41, 5.74) is 0.774. The molecule has 2 aliphatic rings. The molecule has 0 saturated carbocycles. The number of amides is 1. The van der Waals surface area contributed by atoms with Gasteiger partial charge in [0.25, 0.3) is 5.91 Å². The highest BCUT2D eigenvalue weighted by atomic mass is 16.5. The summed E-state index contributed by atoms with van der Waals surface area (Å²) in [7, 11) is 0. The summed E-state index contributed by atoms with van der Waals surface area (Å²) in [6.07, 6.45) is 6.69. The van der Waals surface area contributed by atoms with Crippen LogP contribution in [-0.2, 0) is 4.74 Å². The van der Waals surface area contributed by atoms with E-state index in [2.05, 4.69) is 16.7 Å². The summed E-state index contributed by atoms with van der Waals surface area (Å²) in [6, 6.07) is 8.04. The van der Waals surface area contributed by atoms with Crippen LogP contribution in [0.25, 0.3) is 0 Å². The minimum atomic E-state index is 0.168. The summed E-state index contributed by atoms with van der Waals surface area (Å²) in [5.74, 6) is 1.02. The average Bonchev–Trinajstić information content (AvgIpc) is 2.73. The summed E-state index contributed by atoms with van der Waals surface area (Å²) in [4.78, 5) is 17.7. The molecule has 0 radical (unpaired) electrons. The molecule has 0 unspecified atom stereocenters. The van der Waals surface area contributed by atoms with E-state index >= 15 is 0 Å². The third-order valence-corrected chi connectivity index (χ3v) is 5.64. The van der Waals surface area contributed by atoms with Gasteiger partial charge in [-0.05, 0) is 56.4 Å². The minimum Gasteiger partial charge on any atom is -0.494 e. The first-order valence-electron chi connectivity index (χ1n) is 10.6. The number of nitrogens with zero attached hydrogens (tertiary/aromatic N) is 2. The van der Waals surface area contributed by atoms with Crippen molar-refractivity contribution < 1.29 is 14.3 Å². The van der Waals surface area contributed by atoms with Crippen molar-refractivity contribution in [3.63, 3.8) is 0 Å². The van der Waals surface area contributed by atoms with Crippen molar-refractivity contribution in [2.45, 2.75) is 51.5 Å². The quantitative estimate of drug-likeness (QED) is 0.652. The molecule has 150 valence electrons. The van der Waals surface area contributed by atoms with E-state index in [0.717, 1.165) is 89.4 Å². The maximum atomic E-state index is 13.1. The number of hydrogen-bond acceptors (Lipinski definition) is 4. The normalized spacial score (nSPS) is 21.2. The molecule has 1 atom stereocenters. The zero-order chi connectivity index (χ0) is 18.9. The van der Waals surface area contributed by atoms with Crippen molar-refractivity contribution in [1.29, 1.82) is 0 Å². The Bertz CT molecular complexity index is 569. The highest BCUT2D eigenvalue weighted by molar-refractivity contribution is 5.94. The molecule has 0 N–H and O–H groups in total. The molecule has 1 aromatic carbocycles. The van der Waals surface area contributed by atoms with Gasteiger partial charge in [-0.3, -0.25) is 9.69 Å². The van der Waals surface area contributed by atoms with Crippen LogP contribution in [0.15, 0.2) is 24.3 Å². The molecule has 0 aromatic heterocycles. The second kappa shape index (κ2) is 10.7. The van der Waals surface area contributed by atoms with E-state index in [-0.39, 0.29) is 5.91 Å². The van der Waals surface area contributed by atoms with Crippen LogP contribution in [0.2, 0.25) is 0 Å². The van der Waals surface area contributed by atoms with Crippen LogP contribution >= 0.6 is 0 Å². The molecule has 1 aromatic rings. The van der Waals surface area contributed by atoms with Crippen LogP contribution in [0.3, 0.4) is 0 Å². The maximum absolute atomic E-state index is 13.1. The van der Waals surface area contributed by atoms with Crippen LogP contribution in [-0.4, -0.2) is 67.7 Å². The number of morpholine rings is 1. The summed E-state index contributed by atoms with van der Waals surface area (Å²) in [6.45, 7) is 8.52. The molecule has 5 nitrogen and oxygen atoms in total. The fraction of sp³-hybridized carbons (Fsp3) is 0.682. The minimum absolute atomic E-state index is 0.168. The van der Waals surface area contributed by atoms with Gasteiger partial charge in [-0.2, -0.15) is 0 Å². The van der Waals surface area contributed by atoms with Crippen LogP contribution in [0.4, 0.5) is 0 Å². The number of rotatable bonds is 8. The Labute approximate surface area is 163 Å². The number of carbonyl (C=O) groups excluding carboxylic acids is 1. The first-order valence-corrected chi connectivity index (χ1v) is 10.6. The molecule has 27 heavy (non-hydrogen) atoms. The Hall–Kier alpha value is -1.59. The van der Waals surface area contributed by atoms with Gasteiger partial charge in [-0.15, -0.1) is 0 Å². The highest BCUT2D eigenvalue weighted by Crippen LogP contribution is 2.23. The Morgan fingerprint density at radius 3 is 2.67 bits per heavy atom. The smallest absolute Gasteiger partial charge is 0.254 e. The predicted octanol–water partition coefficient (Wildman–Crippen LogP) is 3.58. The van der Waals surface area contributed by atoms with Gasteiger partial charge in [-0.1, -0.05) is 13.3 Å². The van der Waals surface area contributed by atoms with Gasteiger partial charge in [0, 0.05) is 37.8 Å². The molecule has 2 fully saturated rings. The standard InChI is InChI=1S/C22H34N2O3/c1-2-3-16-27-21-9-7-19(8-10-21)22(25)24-12-5-4-6-20(24)11-13-23-14-17-26-18-15-23/h7-10,20H,2-6,11-18H2,1H3/t20-/m0/s1. The number of unbranched alkanes of at least 4 members (excludes halogenated alkanes) is 1. The lowest BCUT2D eigenvalue weighted by Gasteiger charge is -2.37. The van der Waals surface area contributed by atoms with Crippen LogP contribution < -0.4 is 4.74 Å². The molecule has 5 heteroatoms. The number of ether oxygens (including phenoxy) is 2. The molecule has 0 aliphatic carbocycles. The lowest BCUT2D eigenvalue weighted by Crippen LogP contribution is -2.46.